The highest BCUT2D eigenvalue weighted by molar-refractivity contribution is 5.81. The van der Waals surface area contributed by atoms with Crippen LogP contribution in [0.5, 0.6) is 0 Å². The highest BCUT2D eigenvalue weighted by atomic mass is 16.2. The van der Waals surface area contributed by atoms with Crippen LogP contribution in [-0.4, -0.2) is 33.0 Å². The summed E-state index contributed by atoms with van der Waals surface area (Å²) in [5.41, 5.74) is 5.37. The minimum Gasteiger partial charge on any atom is -0.340 e. The highest BCUT2D eigenvalue weighted by Gasteiger charge is 2.19. The first-order chi connectivity index (χ1) is 9.29. The summed E-state index contributed by atoms with van der Waals surface area (Å²) in [5, 5.41) is 0. The Morgan fingerprint density at radius 1 is 1.40 bits per heavy atom. The van der Waals surface area contributed by atoms with Crippen molar-refractivity contribution in [1.29, 1.82) is 0 Å². The summed E-state index contributed by atoms with van der Waals surface area (Å²) >= 11 is 0. The predicted octanol–water partition coefficient (Wildman–Crippen LogP) is -0.830. The van der Waals surface area contributed by atoms with E-state index in [4.69, 9.17) is 5.73 Å². The molecule has 0 aromatic carbocycles. The number of hydrogen-bond acceptors (Lipinski definition) is 4. The van der Waals surface area contributed by atoms with Gasteiger partial charge in [-0.05, 0) is 6.42 Å². The Bertz CT molecular complexity index is 603. The molecule has 1 aromatic heterocycles. The van der Waals surface area contributed by atoms with Crippen molar-refractivity contribution in [3.8, 4) is 0 Å². The van der Waals surface area contributed by atoms with Crippen LogP contribution in [0, 0.1) is 0 Å². The number of aryl methyl sites for hydroxylation is 1. The number of likely N-dealkylation sites (N-methyl/N-ethyl adjacent to an activating group) is 1. The second-order valence-corrected chi connectivity index (χ2v) is 5.00. The van der Waals surface area contributed by atoms with Gasteiger partial charge in [0.05, 0.1) is 18.2 Å². The fraction of sp³-hybridized carbons (Fsp3) is 0.615. The van der Waals surface area contributed by atoms with E-state index in [2.05, 4.69) is 0 Å². The van der Waals surface area contributed by atoms with Crippen LogP contribution < -0.4 is 17.0 Å². The van der Waals surface area contributed by atoms with E-state index >= 15 is 0 Å². The molecule has 0 spiro atoms. The van der Waals surface area contributed by atoms with E-state index < -0.39 is 17.3 Å². The lowest BCUT2D eigenvalue weighted by Crippen LogP contribution is -2.44. The molecular weight excluding hydrogens is 260 g/mol. The largest absolute Gasteiger partial charge is 0.340 e. The van der Waals surface area contributed by atoms with Crippen LogP contribution in [0.15, 0.2) is 15.8 Å². The molecule has 0 fully saturated rings. The second-order valence-electron chi connectivity index (χ2n) is 5.00. The van der Waals surface area contributed by atoms with E-state index in [-0.39, 0.29) is 12.5 Å². The molecule has 1 amide bonds. The standard InChI is InChI=1S/C13H22N4O3/c1-5-6-10(14)12(19)15(2)7-9-8-16(3)13(20)17(4)11(9)18/h8,10H,5-7,14H2,1-4H3/t10-/m1/s1. The van der Waals surface area contributed by atoms with E-state index in [9.17, 15) is 14.4 Å². The van der Waals surface area contributed by atoms with Crippen molar-refractivity contribution in [2.45, 2.75) is 32.4 Å². The Balaban J connectivity index is 2.97. The zero-order valence-corrected chi connectivity index (χ0v) is 12.4. The van der Waals surface area contributed by atoms with Gasteiger partial charge in [0.15, 0.2) is 0 Å². The van der Waals surface area contributed by atoms with Crippen molar-refractivity contribution in [3.63, 3.8) is 0 Å². The number of nitrogens with zero attached hydrogens (tertiary/aromatic N) is 3. The minimum atomic E-state index is -0.554. The van der Waals surface area contributed by atoms with Crippen molar-refractivity contribution in [2.75, 3.05) is 7.05 Å². The molecule has 1 rings (SSSR count). The highest BCUT2D eigenvalue weighted by Crippen LogP contribution is 2.02. The van der Waals surface area contributed by atoms with Gasteiger partial charge in [0.2, 0.25) is 5.91 Å². The molecule has 0 aliphatic heterocycles. The normalized spacial score (nSPS) is 12.2. The molecule has 0 saturated carbocycles. The maximum Gasteiger partial charge on any atom is 0.330 e. The van der Waals surface area contributed by atoms with Gasteiger partial charge in [0.25, 0.3) is 5.56 Å². The van der Waals surface area contributed by atoms with Crippen LogP contribution in [-0.2, 0) is 25.4 Å². The minimum absolute atomic E-state index is 0.136. The molecule has 1 heterocycles. The molecular formula is C13H22N4O3. The average molecular weight is 282 g/mol. The fourth-order valence-electron chi connectivity index (χ4n) is 2.04. The summed E-state index contributed by atoms with van der Waals surface area (Å²) in [6, 6.07) is -0.554. The lowest BCUT2D eigenvalue weighted by Gasteiger charge is -2.21. The molecule has 1 aromatic rings. The molecule has 20 heavy (non-hydrogen) atoms. The van der Waals surface area contributed by atoms with Gasteiger partial charge in [0.1, 0.15) is 0 Å². The Kier molecular flexibility index (Phi) is 5.26. The van der Waals surface area contributed by atoms with E-state index in [1.54, 1.807) is 14.1 Å². The third-order valence-corrected chi connectivity index (χ3v) is 3.22. The number of nitrogens with two attached hydrogens (primary N) is 1. The molecule has 2 N–H and O–H groups in total. The monoisotopic (exact) mass is 282 g/mol. The maximum absolute atomic E-state index is 12.0. The lowest BCUT2D eigenvalue weighted by molar-refractivity contribution is -0.132. The molecule has 0 saturated heterocycles. The Labute approximate surface area is 117 Å². The number of rotatable bonds is 5. The van der Waals surface area contributed by atoms with Gasteiger partial charge in [-0.15, -0.1) is 0 Å². The molecule has 7 nitrogen and oxygen atoms in total. The summed E-state index contributed by atoms with van der Waals surface area (Å²) in [7, 11) is 4.58. The van der Waals surface area contributed by atoms with Crippen LogP contribution in [0.4, 0.5) is 0 Å². The first-order valence-corrected chi connectivity index (χ1v) is 6.55. The Hall–Kier alpha value is -1.89. The zero-order valence-electron chi connectivity index (χ0n) is 12.4. The van der Waals surface area contributed by atoms with E-state index in [0.717, 1.165) is 11.0 Å². The second kappa shape index (κ2) is 6.51. The average Bonchev–Trinajstić information content (AvgIpc) is 2.41. The van der Waals surface area contributed by atoms with Gasteiger partial charge in [-0.2, -0.15) is 0 Å². The smallest absolute Gasteiger partial charge is 0.330 e. The Morgan fingerprint density at radius 3 is 2.55 bits per heavy atom. The number of amides is 1. The number of hydrogen-bond donors (Lipinski definition) is 1. The quantitative estimate of drug-likeness (QED) is 0.763. The van der Waals surface area contributed by atoms with E-state index in [1.165, 1.54) is 22.7 Å². The first kappa shape index (κ1) is 16.2. The summed E-state index contributed by atoms with van der Waals surface area (Å²) in [6.07, 6.45) is 2.89. The van der Waals surface area contributed by atoms with Gasteiger partial charge in [-0.3, -0.25) is 14.2 Å². The summed E-state index contributed by atoms with van der Waals surface area (Å²) in [4.78, 5) is 37.0. The zero-order chi connectivity index (χ0) is 15.4. The van der Waals surface area contributed by atoms with Crippen molar-refractivity contribution in [2.24, 2.45) is 19.8 Å². The summed E-state index contributed by atoms with van der Waals surface area (Å²) in [5.74, 6) is -0.206. The van der Waals surface area contributed by atoms with Gasteiger partial charge < -0.3 is 15.2 Å². The SMILES string of the molecule is CCC[C@@H](N)C(=O)N(C)Cc1cn(C)c(=O)n(C)c1=O. The van der Waals surface area contributed by atoms with Crippen LogP contribution in [0.25, 0.3) is 0 Å². The van der Waals surface area contributed by atoms with Gasteiger partial charge >= 0.3 is 5.69 Å². The third kappa shape index (κ3) is 3.36. The summed E-state index contributed by atoms with van der Waals surface area (Å²) < 4.78 is 2.35. The molecule has 0 radical (unpaired) electrons. The first-order valence-electron chi connectivity index (χ1n) is 6.55. The van der Waals surface area contributed by atoms with Gasteiger partial charge in [0, 0.05) is 27.3 Å². The summed E-state index contributed by atoms with van der Waals surface area (Å²) in [6.45, 7) is 2.09. The molecule has 7 heteroatoms. The van der Waals surface area contributed by atoms with Crippen molar-refractivity contribution in [1.82, 2.24) is 14.0 Å². The Morgan fingerprint density at radius 2 is 2.00 bits per heavy atom. The predicted molar refractivity (Wildman–Crippen MR) is 76.3 cm³/mol. The van der Waals surface area contributed by atoms with Crippen LogP contribution in [0.2, 0.25) is 0 Å². The van der Waals surface area contributed by atoms with Crippen LogP contribution in [0.1, 0.15) is 25.3 Å². The molecule has 0 aliphatic carbocycles. The van der Waals surface area contributed by atoms with Crippen LogP contribution >= 0.6 is 0 Å². The number of carbonyl (C=O) groups excluding carboxylic acids is 1. The van der Waals surface area contributed by atoms with E-state index in [0.29, 0.717) is 12.0 Å². The number of aromatic nitrogens is 2. The van der Waals surface area contributed by atoms with Crippen LogP contribution in [0.3, 0.4) is 0 Å². The third-order valence-electron chi connectivity index (χ3n) is 3.22. The van der Waals surface area contributed by atoms with Crippen molar-refractivity contribution >= 4 is 5.91 Å². The molecule has 0 unspecified atom stereocenters. The molecule has 112 valence electrons. The lowest BCUT2D eigenvalue weighted by atomic mass is 10.1. The topological polar surface area (TPSA) is 90.3 Å². The van der Waals surface area contributed by atoms with Crippen molar-refractivity contribution < 1.29 is 4.79 Å². The van der Waals surface area contributed by atoms with Gasteiger partial charge in [-0.1, -0.05) is 13.3 Å². The molecule has 0 aliphatic rings. The number of carbonyl (C=O) groups is 1. The molecule has 1 atom stereocenters. The fourth-order valence-corrected chi connectivity index (χ4v) is 2.04. The van der Waals surface area contributed by atoms with E-state index in [1.807, 2.05) is 6.92 Å². The maximum atomic E-state index is 12.0. The molecule has 0 bridgehead atoms. The van der Waals surface area contributed by atoms with Gasteiger partial charge in [-0.25, -0.2) is 4.79 Å². The van der Waals surface area contributed by atoms with Crippen molar-refractivity contribution in [3.05, 3.63) is 32.6 Å².